The summed E-state index contributed by atoms with van der Waals surface area (Å²) in [4.78, 5) is 26.0. The summed E-state index contributed by atoms with van der Waals surface area (Å²) in [6.07, 6.45) is -2.69. The summed E-state index contributed by atoms with van der Waals surface area (Å²) in [5.41, 5.74) is 2.35. The summed E-state index contributed by atoms with van der Waals surface area (Å²) < 4.78 is 31.7. The monoisotopic (exact) mass is 440 g/mol. The zero-order valence-corrected chi connectivity index (χ0v) is 17.4. The van der Waals surface area contributed by atoms with E-state index in [2.05, 4.69) is 43.4 Å². The third kappa shape index (κ3) is 4.67. The van der Waals surface area contributed by atoms with Gasteiger partial charge in [-0.2, -0.15) is 13.2 Å². The number of halogens is 3. The molecule has 1 saturated heterocycles. The minimum atomic E-state index is -5.08. The van der Waals surface area contributed by atoms with E-state index in [4.69, 9.17) is 9.90 Å². The number of fused-ring (bicyclic) bond motifs is 1. The topological polar surface area (TPSA) is 69.6 Å². The molecule has 1 atom stereocenters. The van der Waals surface area contributed by atoms with Gasteiger partial charge in [0.05, 0.1) is 4.88 Å². The van der Waals surface area contributed by atoms with Gasteiger partial charge in [0.15, 0.2) is 0 Å². The summed E-state index contributed by atoms with van der Waals surface area (Å²) in [5.74, 6) is -2.62. The van der Waals surface area contributed by atoms with E-state index in [0.29, 0.717) is 6.04 Å². The molecule has 2 aromatic rings. The highest BCUT2D eigenvalue weighted by molar-refractivity contribution is 7.14. The molecule has 1 fully saturated rings. The van der Waals surface area contributed by atoms with Crippen LogP contribution in [0.15, 0.2) is 36.4 Å². The van der Waals surface area contributed by atoms with Crippen LogP contribution in [-0.2, 0) is 10.2 Å². The maximum atomic E-state index is 13.0. The number of thiophene rings is 1. The maximum Gasteiger partial charge on any atom is 0.490 e. The molecule has 3 heterocycles. The Labute approximate surface area is 176 Å². The number of para-hydroxylation sites is 1. The SMILES string of the molecule is CC1(C)CN(C(=O)c2ccc(C3CCCN3)s2)c2ccccc21.O=C(O)C(F)(F)F. The standard InChI is InChI=1S/C19H22N2OS.C2HF3O2/c1-19(2)12-21(15-8-4-3-6-13(15)19)18(22)17-10-9-16(23-17)14-7-5-11-20-14;3-2(4,5)1(6)7/h3-4,6,8-10,14,20H,5,7,11-12H2,1-2H3;(H,6,7). The van der Waals surface area contributed by atoms with Gasteiger partial charge in [0, 0.05) is 28.6 Å². The summed E-state index contributed by atoms with van der Waals surface area (Å²) in [7, 11) is 0. The molecule has 0 bridgehead atoms. The van der Waals surface area contributed by atoms with Crippen LogP contribution in [-0.4, -0.2) is 36.2 Å². The van der Waals surface area contributed by atoms with Crippen molar-refractivity contribution in [1.29, 1.82) is 0 Å². The summed E-state index contributed by atoms with van der Waals surface area (Å²) >= 11 is 1.65. The van der Waals surface area contributed by atoms with Crippen LogP contribution in [0.5, 0.6) is 0 Å². The molecular formula is C21H23F3N2O3S. The van der Waals surface area contributed by atoms with E-state index in [0.717, 1.165) is 23.7 Å². The highest BCUT2D eigenvalue weighted by atomic mass is 32.1. The number of amides is 1. The number of benzene rings is 1. The Balaban J connectivity index is 0.000000318. The van der Waals surface area contributed by atoms with E-state index >= 15 is 0 Å². The minimum Gasteiger partial charge on any atom is -0.475 e. The highest BCUT2D eigenvalue weighted by Crippen LogP contribution is 2.41. The van der Waals surface area contributed by atoms with E-state index in [1.807, 2.05) is 17.0 Å². The fraction of sp³-hybridized carbons (Fsp3) is 0.429. The molecule has 9 heteroatoms. The smallest absolute Gasteiger partial charge is 0.475 e. The van der Waals surface area contributed by atoms with Crippen molar-refractivity contribution >= 4 is 28.9 Å². The van der Waals surface area contributed by atoms with Gasteiger partial charge in [-0.1, -0.05) is 32.0 Å². The molecule has 2 aliphatic rings. The second-order valence-electron chi connectivity index (χ2n) is 7.95. The van der Waals surface area contributed by atoms with Crippen LogP contribution in [0.2, 0.25) is 0 Å². The Kier molecular flexibility index (Phi) is 6.24. The first-order chi connectivity index (χ1) is 14.0. The molecule has 2 N–H and O–H groups in total. The second-order valence-corrected chi connectivity index (χ2v) is 9.06. The number of carboxylic acids is 1. The van der Waals surface area contributed by atoms with Crippen LogP contribution in [0.3, 0.4) is 0 Å². The molecule has 4 rings (SSSR count). The number of nitrogens with zero attached hydrogens (tertiary/aromatic N) is 1. The molecule has 1 unspecified atom stereocenters. The molecule has 0 saturated carbocycles. The fourth-order valence-electron chi connectivity index (χ4n) is 3.74. The summed E-state index contributed by atoms with van der Waals surface area (Å²) in [6, 6.07) is 12.8. The molecule has 1 amide bonds. The van der Waals surface area contributed by atoms with Gasteiger partial charge in [-0.05, 0) is 43.1 Å². The fourth-order valence-corrected chi connectivity index (χ4v) is 4.81. The van der Waals surface area contributed by atoms with E-state index in [1.165, 1.54) is 23.3 Å². The van der Waals surface area contributed by atoms with E-state index in [9.17, 15) is 18.0 Å². The van der Waals surface area contributed by atoms with Crippen molar-refractivity contribution < 1.29 is 27.9 Å². The van der Waals surface area contributed by atoms with Gasteiger partial charge in [0.25, 0.3) is 5.91 Å². The van der Waals surface area contributed by atoms with Crippen molar-refractivity contribution in [2.45, 2.75) is 44.3 Å². The number of carboxylic acid groups (broad SMARTS) is 1. The second kappa shape index (κ2) is 8.39. The molecule has 2 aliphatic heterocycles. The van der Waals surface area contributed by atoms with Gasteiger partial charge >= 0.3 is 12.1 Å². The number of aliphatic carboxylic acids is 1. The number of carbonyl (C=O) groups excluding carboxylic acids is 1. The Morgan fingerprint density at radius 1 is 1.20 bits per heavy atom. The average Bonchev–Trinajstić information content (AvgIpc) is 3.40. The lowest BCUT2D eigenvalue weighted by molar-refractivity contribution is -0.192. The molecule has 1 aromatic carbocycles. The van der Waals surface area contributed by atoms with Gasteiger partial charge in [-0.15, -0.1) is 11.3 Å². The van der Waals surface area contributed by atoms with Gasteiger partial charge < -0.3 is 15.3 Å². The lowest BCUT2D eigenvalue weighted by Crippen LogP contribution is -2.33. The average molecular weight is 440 g/mol. The Hall–Kier alpha value is -2.39. The number of anilines is 1. The first-order valence-electron chi connectivity index (χ1n) is 9.55. The largest absolute Gasteiger partial charge is 0.490 e. The van der Waals surface area contributed by atoms with Crippen molar-refractivity contribution in [2.24, 2.45) is 0 Å². The van der Waals surface area contributed by atoms with Crippen LogP contribution >= 0.6 is 11.3 Å². The predicted octanol–water partition coefficient (Wildman–Crippen LogP) is 4.74. The van der Waals surface area contributed by atoms with E-state index in [-0.39, 0.29) is 11.3 Å². The highest BCUT2D eigenvalue weighted by Gasteiger charge is 2.39. The van der Waals surface area contributed by atoms with Crippen molar-refractivity contribution in [3.63, 3.8) is 0 Å². The van der Waals surface area contributed by atoms with Crippen molar-refractivity contribution in [3.8, 4) is 0 Å². The predicted molar refractivity (Wildman–Crippen MR) is 109 cm³/mol. The van der Waals surface area contributed by atoms with Gasteiger partial charge in [-0.3, -0.25) is 4.79 Å². The molecule has 0 aliphatic carbocycles. The molecule has 30 heavy (non-hydrogen) atoms. The van der Waals surface area contributed by atoms with Crippen molar-refractivity contribution in [3.05, 3.63) is 51.7 Å². The maximum absolute atomic E-state index is 13.0. The van der Waals surface area contributed by atoms with Crippen LogP contribution < -0.4 is 10.2 Å². The van der Waals surface area contributed by atoms with Crippen LogP contribution in [0.25, 0.3) is 0 Å². The Bertz CT molecular complexity index is 934. The number of alkyl halides is 3. The first-order valence-corrected chi connectivity index (χ1v) is 10.4. The van der Waals surface area contributed by atoms with Gasteiger partial charge in [0.1, 0.15) is 0 Å². The normalized spacial score (nSPS) is 19.8. The summed E-state index contributed by atoms with van der Waals surface area (Å²) in [5, 5.41) is 10.6. The van der Waals surface area contributed by atoms with Crippen LogP contribution in [0, 0.1) is 0 Å². The van der Waals surface area contributed by atoms with E-state index in [1.54, 1.807) is 11.3 Å². The third-order valence-electron chi connectivity index (χ3n) is 5.21. The lowest BCUT2D eigenvalue weighted by Gasteiger charge is -2.20. The first kappa shape index (κ1) is 22.3. The van der Waals surface area contributed by atoms with Crippen LogP contribution in [0.1, 0.15) is 52.8 Å². The van der Waals surface area contributed by atoms with E-state index < -0.39 is 12.1 Å². The zero-order valence-electron chi connectivity index (χ0n) is 16.6. The molecule has 5 nitrogen and oxygen atoms in total. The molecular weight excluding hydrogens is 417 g/mol. The Morgan fingerprint density at radius 3 is 2.47 bits per heavy atom. The van der Waals surface area contributed by atoms with Crippen molar-refractivity contribution in [2.75, 3.05) is 18.0 Å². The van der Waals surface area contributed by atoms with Gasteiger partial charge in [0.2, 0.25) is 0 Å². The molecule has 0 radical (unpaired) electrons. The number of hydrogen-bond acceptors (Lipinski definition) is 4. The minimum absolute atomic E-state index is 0.0132. The molecule has 162 valence electrons. The Morgan fingerprint density at radius 2 is 1.87 bits per heavy atom. The van der Waals surface area contributed by atoms with Crippen LogP contribution in [0.4, 0.5) is 18.9 Å². The number of hydrogen-bond donors (Lipinski definition) is 2. The molecule has 0 spiro atoms. The van der Waals surface area contributed by atoms with Crippen molar-refractivity contribution in [1.82, 2.24) is 5.32 Å². The lowest BCUT2D eigenvalue weighted by atomic mass is 9.87. The quantitative estimate of drug-likeness (QED) is 0.708. The number of rotatable bonds is 2. The third-order valence-corrected chi connectivity index (χ3v) is 6.39. The molecule has 1 aromatic heterocycles. The summed E-state index contributed by atoms with van der Waals surface area (Å²) in [6.45, 7) is 6.25. The number of nitrogens with one attached hydrogen (secondary N) is 1. The number of carbonyl (C=O) groups is 2. The zero-order chi connectivity index (χ0) is 22.1. The van der Waals surface area contributed by atoms with Gasteiger partial charge in [-0.25, -0.2) is 4.79 Å².